The molecular formula is C24H19F3N2O6S2. The largest absolute Gasteiger partial charge is 0.496 e. The van der Waals surface area contributed by atoms with Crippen molar-refractivity contribution in [1.82, 2.24) is 9.55 Å². The van der Waals surface area contributed by atoms with Gasteiger partial charge in [0.15, 0.2) is 11.6 Å². The minimum absolute atomic E-state index is 0.00573. The van der Waals surface area contributed by atoms with E-state index >= 15 is 4.39 Å². The van der Waals surface area contributed by atoms with E-state index in [0.29, 0.717) is 4.57 Å². The molecule has 0 bridgehead atoms. The molecule has 0 saturated carbocycles. The van der Waals surface area contributed by atoms with Crippen LogP contribution in [0.2, 0.25) is 0 Å². The molecule has 2 heterocycles. The van der Waals surface area contributed by atoms with Crippen LogP contribution < -0.4 is 20.7 Å². The lowest BCUT2D eigenvalue weighted by molar-refractivity contribution is 0.0704. The summed E-state index contributed by atoms with van der Waals surface area (Å²) in [6, 6.07) is 4.26. The number of aromatic nitrogens is 2. The van der Waals surface area contributed by atoms with Crippen LogP contribution in [0.4, 0.5) is 13.2 Å². The summed E-state index contributed by atoms with van der Waals surface area (Å²) in [5, 5.41) is 10.4. The second-order valence-corrected chi connectivity index (χ2v) is 10.5. The molecule has 4 aromatic rings. The van der Waals surface area contributed by atoms with Crippen molar-refractivity contribution in [2.45, 2.75) is 30.6 Å². The predicted molar refractivity (Wildman–Crippen MR) is 133 cm³/mol. The normalized spacial score (nSPS) is 11.3. The van der Waals surface area contributed by atoms with Crippen LogP contribution in [0.5, 0.6) is 11.5 Å². The van der Waals surface area contributed by atoms with Gasteiger partial charge in [-0.05, 0) is 18.2 Å². The lowest BCUT2D eigenvalue weighted by atomic mass is 10.2. The summed E-state index contributed by atoms with van der Waals surface area (Å²) in [4.78, 5) is 39.8. The number of methoxy groups -OCH3 is 1. The van der Waals surface area contributed by atoms with E-state index in [1.54, 1.807) is 0 Å². The molecule has 0 atom stereocenters. The van der Waals surface area contributed by atoms with Gasteiger partial charge in [0.2, 0.25) is 0 Å². The van der Waals surface area contributed by atoms with Gasteiger partial charge >= 0.3 is 11.7 Å². The standard InChI is InChI=1S/C24H19F3N2O6S2/c1-10(2)37-18-6-13(26)15(7-17(18)35-8-11-16(34-3)5-4-12(25)20(11)27)29-22(30)19-14(28-24(29)33)9-36-21(19)23(31)32/h4-7,9-10H,8H2,1-3H3,(H,28,33)(H,31,32). The molecule has 0 amide bonds. The number of halogens is 3. The number of H-pyrrole nitrogens is 1. The van der Waals surface area contributed by atoms with Crippen LogP contribution in [0.15, 0.2) is 44.1 Å². The quantitative estimate of drug-likeness (QED) is 0.298. The fourth-order valence-corrected chi connectivity index (χ4v) is 5.36. The molecule has 0 aliphatic carbocycles. The highest BCUT2D eigenvalue weighted by Crippen LogP contribution is 2.36. The van der Waals surface area contributed by atoms with Gasteiger partial charge in [-0.3, -0.25) is 4.79 Å². The van der Waals surface area contributed by atoms with E-state index in [1.165, 1.54) is 30.3 Å². The summed E-state index contributed by atoms with van der Waals surface area (Å²) < 4.78 is 54.9. The van der Waals surface area contributed by atoms with Crippen molar-refractivity contribution >= 4 is 40.0 Å². The zero-order valence-corrected chi connectivity index (χ0v) is 21.2. The number of benzene rings is 2. The zero-order valence-electron chi connectivity index (χ0n) is 19.6. The fraction of sp³-hybridized carbons (Fsp3) is 0.208. The molecule has 13 heteroatoms. The van der Waals surface area contributed by atoms with Gasteiger partial charge in [-0.1, -0.05) is 13.8 Å². The molecule has 2 aromatic heterocycles. The molecule has 0 aliphatic heterocycles. The molecule has 8 nitrogen and oxygen atoms in total. The Morgan fingerprint density at radius 1 is 1.16 bits per heavy atom. The van der Waals surface area contributed by atoms with Gasteiger partial charge in [-0.15, -0.1) is 23.1 Å². The van der Waals surface area contributed by atoms with Crippen LogP contribution in [0, 0.1) is 17.5 Å². The predicted octanol–water partition coefficient (Wildman–Crippen LogP) is 4.94. The molecule has 0 saturated heterocycles. The molecule has 0 fully saturated rings. The second-order valence-electron chi connectivity index (χ2n) is 7.98. The van der Waals surface area contributed by atoms with Gasteiger partial charge in [0.1, 0.15) is 28.8 Å². The van der Waals surface area contributed by atoms with E-state index in [-0.39, 0.29) is 43.0 Å². The van der Waals surface area contributed by atoms with Gasteiger partial charge in [0, 0.05) is 16.7 Å². The summed E-state index contributed by atoms with van der Waals surface area (Å²) in [6.07, 6.45) is 0. The first-order chi connectivity index (χ1) is 17.5. The highest BCUT2D eigenvalue weighted by Gasteiger charge is 2.23. The van der Waals surface area contributed by atoms with Crippen molar-refractivity contribution in [2.75, 3.05) is 7.11 Å². The van der Waals surface area contributed by atoms with Gasteiger partial charge in [-0.25, -0.2) is 27.3 Å². The number of hydrogen-bond donors (Lipinski definition) is 2. The lowest BCUT2D eigenvalue weighted by Gasteiger charge is -2.17. The third-order valence-corrected chi connectivity index (χ3v) is 7.22. The van der Waals surface area contributed by atoms with Crippen molar-refractivity contribution in [1.29, 1.82) is 0 Å². The van der Waals surface area contributed by atoms with E-state index in [2.05, 4.69) is 4.98 Å². The van der Waals surface area contributed by atoms with Gasteiger partial charge in [-0.2, -0.15) is 0 Å². The molecular weight excluding hydrogens is 533 g/mol. The maximum absolute atomic E-state index is 15.3. The highest BCUT2D eigenvalue weighted by atomic mass is 32.2. The van der Waals surface area contributed by atoms with Gasteiger partial charge in [0.25, 0.3) is 5.56 Å². The first kappa shape index (κ1) is 26.4. The van der Waals surface area contributed by atoms with Gasteiger partial charge < -0.3 is 19.6 Å². The number of aromatic amines is 1. The van der Waals surface area contributed by atoms with E-state index in [4.69, 9.17) is 9.47 Å². The Morgan fingerprint density at radius 2 is 1.89 bits per heavy atom. The van der Waals surface area contributed by atoms with Crippen LogP contribution in [-0.4, -0.2) is 33.0 Å². The molecule has 0 aliphatic rings. The Hall–Kier alpha value is -3.71. The highest BCUT2D eigenvalue weighted by molar-refractivity contribution is 8.00. The van der Waals surface area contributed by atoms with E-state index in [0.717, 1.165) is 29.5 Å². The number of ether oxygens (including phenoxy) is 2. The third kappa shape index (κ3) is 4.96. The number of carbonyl (C=O) groups is 1. The van der Waals surface area contributed by atoms with Crippen molar-refractivity contribution < 1.29 is 32.5 Å². The van der Waals surface area contributed by atoms with Crippen LogP contribution in [0.3, 0.4) is 0 Å². The topological polar surface area (TPSA) is 111 Å². The SMILES string of the molecule is COc1ccc(F)c(F)c1COc1cc(-n2c(=O)[nH]c3csc(C(=O)O)c3c2=O)c(F)cc1SC(C)C. The Balaban J connectivity index is 1.88. The van der Waals surface area contributed by atoms with Crippen molar-refractivity contribution in [2.24, 2.45) is 0 Å². The second kappa shape index (κ2) is 10.3. The van der Waals surface area contributed by atoms with Crippen LogP contribution in [0.25, 0.3) is 16.6 Å². The number of carboxylic acids is 1. The third-order valence-electron chi connectivity index (χ3n) is 5.21. The Bertz CT molecular complexity index is 1640. The van der Waals surface area contributed by atoms with Crippen LogP contribution >= 0.6 is 23.1 Å². The van der Waals surface area contributed by atoms with Crippen LogP contribution in [-0.2, 0) is 6.61 Å². The van der Waals surface area contributed by atoms with Crippen molar-refractivity contribution in [3.8, 4) is 17.2 Å². The minimum Gasteiger partial charge on any atom is -0.496 e. The Kier molecular flexibility index (Phi) is 7.37. The number of fused-ring (bicyclic) bond motifs is 1. The number of thioether (sulfide) groups is 1. The van der Waals surface area contributed by atoms with E-state index in [9.17, 15) is 28.3 Å². The lowest BCUT2D eigenvalue weighted by Crippen LogP contribution is -2.34. The molecule has 4 rings (SSSR count). The monoisotopic (exact) mass is 552 g/mol. The van der Waals surface area contributed by atoms with Crippen molar-refractivity contribution in [3.63, 3.8) is 0 Å². The number of nitrogens with zero attached hydrogens (tertiary/aromatic N) is 1. The van der Waals surface area contributed by atoms with Gasteiger partial charge in [0.05, 0.1) is 34.2 Å². The Labute approximate surface area is 215 Å². The summed E-state index contributed by atoms with van der Waals surface area (Å²) in [7, 11) is 1.27. The van der Waals surface area contributed by atoms with E-state index < -0.39 is 47.0 Å². The fourth-order valence-electron chi connectivity index (χ4n) is 3.62. The molecule has 0 spiro atoms. The number of aromatic carboxylic acids is 1. The summed E-state index contributed by atoms with van der Waals surface area (Å²) in [6.45, 7) is 3.16. The first-order valence-corrected chi connectivity index (χ1v) is 12.4. The maximum Gasteiger partial charge on any atom is 0.346 e. The molecule has 194 valence electrons. The number of hydrogen-bond acceptors (Lipinski definition) is 7. The van der Waals surface area contributed by atoms with E-state index in [1.807, 2.05) is 13.8 Å². The molecule has 0 radical (unpaired) electrons. The molecule has 0 unspecified atom stereocenters. The molecule has 37 heavy (non-hydrogen) atoms. The maximum atomic E-state index is 15.3. The molecule has 2 N–H and O–H groups in total. The van der Waals surface area contributed by atoms with Crippen LogP contribution in [0.1, 0.15) is 29.1 Å². The summed E-state index contributed by atoms with van der Waals surface area (Å²) in [5.74, 6) is -4.63. The Morgan fingerprint density at radius 3 is 2.54 bits per heavy atom. The number of rotatable bonds is 8. The average Bonchev–Trinajstić information content (AvgIpc) is 3.26. The first-order valence-electron chi connectivity index (χ1n) is 10.7. The average molecular weight is 553 g/mol. The zero-order chi connectivity index (χ0) is 27.0. The summed E-state index contributed by atoms with van der Waals surface area (Å²) >= 11 is 1.94. The number of nitrogens with one attached hydrogen (secondary N) is 1. The smallest absolute Gasteiger partial charge is 0.346 e. The molecule has 2 aromatic carbocycles. The minimum atomic E-state index is -1.38. The number of thiophene rings is 1. The summed E-state index contributed by atoms with van der Waals surface area (Å²) in [5.41, 5.74) is -2.77. The number of carboxylic acid groups (broad SMARTS) is 1. The van der Waals surface area contributed by atoms with Crippen molar-refractivity contribution in [3.05, 3.63) is 78.4 Å².